The van der Waals surface area contributed by atoms with Crippen LogP contribution in [-0.2, 0) is 30.8 Å². The van der Waals surface area contributed by atoms with Gasteiger partial charge < -0.3 is 15.0 Å². The second kappa shape index (κ2) is 9.35. The van der Waals surface area contributed by atoms with Gasteiger partial charge in [-0.3, -0.25) is 9.59 Å². The summed E-state index contributed by atoms with van der Waals surface area (Å²) in [5, 5.41) is 2.77. The Morgan fingerprint density at radius 3 is 2.45 bits per heavy atom. The van der Waals surface area contributed by atoms with Crippen LogP contribution in [0.15, 0.2) is 57.8 Å². The van der Waals surface area contributed by atoms with Crippen molar-refractivity contribution in [3.8, 4) is 0 Å². The molecule has 0 aromatic heterocycles. The van der Waals surface area contributed by atoms with E-state index in [1.165, 1.54) is 5.56 Å². The number of fused-ring (bicyclic) bond motifs is 1. The average molecular weight is 470 g/mol. The van der Waals surface area contributed by atoms with Crippen molar-refractivity contribution in [2.45, 2.75) is 44.1 Å². The first-order valence-corrected chi connectivity index (χ1v) is 12.5. The number of rotatable bonds is 5. The SMILES string of the molecule is CCc1ccc(NC(=O)C(C)OC(=O)C2CCN(C3=NS(=O)(=O)c4ccccc43)CC2)cc1. The molecule has 1 saturated heterocycles. The number of likely N-dealkylation sites (tertiary alicyclic amines) is 1. The van der Waals surface area contributed by atoms with Crippen LogP contribution in [0, 0.1) is 5.92 Å². The number of esters is 1. The van der Waals surface area contributed by atoms with E-state index in [1.807, 2.05) is 29.2 Å². The topological polar surface area (TPSA) is 105 Å². The highest BCUT2D eigenvalue weighted by Crippen LogP contribution is 2.30. The molecule has 0 aliphatic carbocycles. The number of aryl methyl sites for hydroxylation is 1. The van der Waals surface area contributed by atoms with Crippen LogP contribution in [0.2, 0.25) is 0 Å². The standard InChI is InChI=1S/C24H27N3O5S/c1-3-17-8-10-19(11-9-17)25-23(28)16(2)32-24(29)18-12-14-27(15-13-18)22-20-6-4-5-7-21(20)33(30,31)26-22/h4-11,16,18H,3,12-15H2,1-2H3,(H,25,28). The van der Waals surface area contributed by atoms with E-state index in [2.05, 4.69) is 16.6 Å². The number of ether oxygens (including phenoxy) is 1. The van der Waals surface area contributed by atoms with E-state index >= 15 is 0 Å². The third-order valence-electron chi connectivity index (χ3n) is 6.03. The number of piperidine rings is 1. The number of sulfonamides is 1. The molecule has 2 aliphatic heterocycles. The van der Waals surface area contributed by atoms with Crippen LogP contribution in [-0.4, -0.2) is 50.2 Å². The lowest BCUT2D eigenvalue weighted by molar-refractivity contribution is -0.158. The van der Waals surface area contributed by atoms with E-state index in [1.54, 1.807) is 31.2 Å². The molecule has 0 bridgehead atoms. The largest absolute Gasteiger partial charge is 0.452 e. The molecule has 1 amide bonds. The fourth-order valence-corrected chi connectivity index (χ4v) is 5.26. The zero-order chi connectivity index (χ0) is 23.6. The molecule has 8 nitrogen and oxygen atoms in total. The number of nitrogens with zero attached hydrogens (tertiary/aromatic N) is 2. The molecule has 1 unspecified atom stereocenters. The van der Waals surface area contributed by atoms with Gasteiger partial charge in [-0.1, -0.05) is 31.2 Å². The van der Waals surface area contributed by atoms with Gasteiger partial charge in [-0.15, -0.1) is 4.40 Å². The van der Waals surface area contributed by atoms with E-state index in [-0.39, 0.29) is 16.7 Å². The van der Waals surface area contributed by atoms with Gasteiger partial charge in [0, 0.05) is 24.3 Å². The summed E-state index contributed by atoms with van der Waals surface area (Å²) in [5.41, 5.74) is 2.42. The Bertz CT molecular complexity index is 1180. The molecule has 0 radical (unpaired) electrons. The summed E-state index contributed by atoms with van der Waals surface area (Å²) in [6.07, 6.45) is 0.980. The first kappa shape index (κ1) is 23.0. The highest BCUT2D eigenvalue weighted by atomic mass is 32.2. The molecule has 1 N–H and O–H groups in total. The maximum atomic E-state index is 12.6. The summed E-state index contributed by atoms with van der Waals surface area (Å²) in [5.74, 6) is -0.722. The van der Waals surface area contributed by atoms with Crippen LogP contribution >= 0.6 is 0 Å². The van der Waals surface area contributed by atoms with Crippen LogP contribution in [0.25, 0.3) is 0 Å². The molecule has 0 saturated carbocycles. The summed E-state index contributed by atoms with van der Waals surface area (Å²) >= 11 is 0. The second-order valence-corrected chi connectivity index (χ2v) is 9.84. The molecule has 9 heteroatoms. The van der Waals surface area contributed by atoms with E-state index in [4.69, 9.17) is 4.74 Å². The van der Waals surface area contributed by atoms with Crippen molar-refractivity contribution < 1.29 is 22.7 Å². The minimum absolute atomic E-state index is 0.214. The smallest absolute Gasteiger partial charge is 0.309 e. The Hall–Kier alpha value is -3.20. The summed E-state index contributed by atoms with van der Waals surface area (Å²) in [6.45, 7) is 4.57. The lowest BCUT2D eigenvalue weighted by Crippen LogP contribution is -2.41. The molecule has 174 valence electrons. The lowest BCUT2D eigenvalue weighted by Gasteiger charge is -2.32. The molecule has 2 aliphatic rings. The third-order valence-corrected chi connectivity index (χ3v) is 7.36. The zero-order valence-corrected chi connectivity index (χ0v) is 19.5. The van der Waals surface area contributed by atoms with Crippen molar-refractivity contribution in [2.75, 3.05) is 18.4 Å². The van der Waals surface area contributed by atoms with Gasteiger partial charge in [0.25, 0.3) is 15.9 Å². The first-order chi connectivity index (χ1) is 15.8. The Morgan fingerprint density at radius 2 is 1.79 bits per heavy atom. The third kappa shape index (κ3) is 4.93. The van der Waals surface area contributed by atoms with Crippen LogP contribution < -0.4 is 5.32 Å². The number of amidine groups is 1. The Kier molecular flexibility index (Phi) is 6.51. The minimum Gasteiger partial charge on any atom is -0.452 e. The molecule has 1 fully saturated rings. The van der Waals surface area contributed by atoms with Crippen LogP contribution in [0.3, 0.4) is 0 Å². The van der Waals surface area contributed by atoms with E-state index in [0.717, 1.165) is 6.42 Å². The summed E-state index contributed by atoms with van der Waals surface area (Å²) in [7, 11) is -3.68. The molecule has 0 spiro atoms. The highest BCUT2D eigenvalue weighted by Gasteiger charge is 2.35. The highest BCUT2D eigenvalue weighted by molar-refractivity contribution is 7.90. The van der Waals surface area contributed by atoms with Crippen molar-refractivity contribution in [2.24, 2.45) is 10.3 Å². The van der Waals surface area contributed by atoms with Gasteiger partial charge in [-0.2, -0.15) is 8.42 Å². The number of hydrogen-bond donors (Lipinski definition) is 1. The molecule has 1 atom stereocenters. The average Bonchev–Trinajstić information content (AvgIpc) is 3.10. The molecule has 2 heterocycles. The number of nitrogens with one attached hydrogen (secondary N) is 1. The molecular weight excluding hydrogens is 442 g/mol. The molecule has 2 aromatic rings. The van der Waals surface area contributed by atoms with Crippen molar-refractivity contribution in [1.29, 1.82) is 0 Å². The molecule has 2 aromatic carbocycles. The maximum Gasteiger partial charge on any atom is 0.309 e. The zero-order valence-electron chi connectivity index (χ0n) is 18.7. The summed E-state index contributed by atoms with van der Waals surface area (Å²) < 4.78 is 34.0. The molecule has 4 rings (SSSR count). The summed E-state index contributed by atoms with van der Waals surface area (Å²) in [6, 6.07) is 14.3. The maximum absolute atomic E-state index is 12.6. The Labute approximate surface area is 193 Å². The van der Waals surface area contributed by atoms with E-state index in [0.29, 0.717) is 43.0 Å². The quantitative estimate of drug-likeness (QED) is 0.675. The predicted molar refractivity (Wildman–Crippen MR) is 124 cm³/mol. The second-order valence-electron chi connectivity index (χ2n) is 8.27. The van der Waals surface area contributed by atoms with Crippen molar-refractivity contribution in [1.82, 2.24) is 4.90 Å². The lowest BCUT2D eigenvalue weighted by atomic mass is 9.96. The molecular formula is C24H27N3O5S. The van der Waals surface area contributed by atoms with Crippen LogP contribution in [0.1, 0.15) is 37.8 Å². The fraction of sp³-hybridized carbons (Fsp3) is 0.375. The number of amides is 1. The fourth-order valence-electron chi connectivity index (χ4n) is 4.04. The van der Waals surface area contributed by atoms with Crippen molar-refractivity contribution >= 4 is 33.4 Å². The predicted octanol–water partition coefficient (Wildman–Crippen LogP) is 2.98. The number of benzene rings is 2. The van der Waals surface area contributed by atoms with Gasteiger partial charge >= 0.3 is 5.97 Å². The van der Waals surface area contributed by atoms with E-state index < -0.39 is 22.1 Å². The number of carbonyl (C=O) groups is 2. The summed E-state index contributed by atoms with van der Waals surface area (Å²) in [4.78, 5) is 27.2. The number of anilines is 1. The van der Waals surface area contributed by atoms with E-state index in [9.17, 15) is 18.0 Å². The number of hydrogen-bond acceptors (Lipinski definition) is 6. The normalized spacial score (nSPS) is 18.2. The minimum atomic E-state index is -3.68. The molecule has 33 heavy (non-hydrogen) atoms. The van der Waals surface area contributed by atoms with Crippen molar-refractivity contribution in [3.05, 3.63) is 59.7 Å². The van der Waals surface area contributed by atoms with Gasteiger partial charge in [-0.25, -0.2) is 0 Å². The van der Waals surface area contributed by atoms with Gasteiger partial charge in [0.1, 0.15) is 4.90 Å². The monoisotopic (exact) mass is 469 g/mol. The Morgan fingerprint density at radius 1 is 1.12 bits per heavy atom. The first-order valence-electron chi connectivity index (χ1n) is 11.1. The number of carbonyl (C=O) groups excluding carboxylic acids is 2. The van der Waals surface area contributed by atoms with Crippen LogP contribution in [0.5, 0.6) is 0 Å². The van der Waals surface area contributed by atoms with Gasteiger partial charge in [0.05, 0.1) is 5.92 Å². The van der Waals surface area contributed by atoms with Gasteiger partial charge in [-0.05, 0) is 56.0 Å². The van der Waals surface area contributed by atoms with Gasteiger partial charge in [0.2, 0.25) is 0 Å². The van der Waals surface area contributed by atoms with Crippen molar-refractivity contribution in [3.63, 3.8) is 0 Å². The van der Waals surface area contributed by atoms with Crippen LogP contribution in [0.4, 0.5) is 5.69 Å². The Balaban J connectivity index is 1.31. The van der Waals surface area contributed by atoms with Gasteiger partial charge in [0.15, 0.2) is 11.9 Å².